The number of hydrogen-bond donors (Lipinski definition) is 2. The highest BCUT2D eigenvalue weighted by Gasteiger charge is 1.56. The van der Waals surface area contributed by atoms with Gasteiger partial charge in [0.25, 0.3) is 0 Å². The second-order valence-electron chi connectivity index (χ2n) is 0.512. The van der Waals surface area contributed by atoms with Gasteiger partial charge in [-0.3, -0.25) is 0 Å². The first-order chi connectivity index (χ1) is 1.91. The van der Waals surface area contributed by atoms with Crippen molar-refractivity contribution in [3.05, 3.63) is 0 Å². The molecule has 0 aliphatic heterocycles. The SMILES string of the molecule is N[14CH2]CO. The van der Waals surface area contributed by atoms with Crippen molar-refractivity contribution in [2.24, 2.45) is 5.73 Å². The molecule has 0 fully saturated rings. The van der Waals surface area contributed by atoms with Gasteiger partial charge >= 0.3 is 0 Å². The molecule has 0 rings (SSSR count). The summed E-state index contributed by atoms with van der Waals surface area (Å²) in [6.07, 6.45) is 0. The van der Waals surface area contributed by atoms with Crippen molar-refractivity contribution in [3.63, 3.8) is 0 Å². The Kier molecular flexibility index (Phi) is 2.86. The summed E-state index contributed by atoms with van der Waals surface area (Å²) in [6.45, 7) is 0.472. The van der Waals surface area contributed by atoms with Crippen LogP contribution in [0.1, 0.15) is 0 Å². The lowest BCUT2D eigenvalue weighted by atomic mass is 11.4. The highest BCUT2D eigenvalue weighted by molar-refractivity contribution is 4.17. The molecule has 0 aromatic heterocycles. The van der Waals surface area contributed by atoms with Crippen LogP contribution in [0.2, 0.25) is 0 Å². The van der Waals surface area contributed by atoms with Crippen molar-refractivity contribution < 1.29 is 5.11 Å². The largest absolute Gasteiger partial charge is 0.395 e. The number of aliphatic hydroxyl groups is 1. The maximum Gasteiger partial charge on any atom is 0.0553 e. The van der Waals surface area contributed by atoms with E-state index in [0.717, 1.165) is 0 Å². The van der Waals surface area contributed by atoms with E-state index < -0.39 is 0 Å². The highest BCUT2D eigenvalue weighted by Crippen LogP contribution is 1.33. The molecule has 0 bridgehead atoms. The minimum absolute atomic E-state index is 0.0972. The predicted molar refractivity (Wildman–Crippen MR) is 16.1 cm³/mol. The van der Waals surface area contributed by atoms with Crippen LogP contribution in [0.15, 0.2) is 0 Å². The third kappa shape index (κ3) is 1.92. The molecule has 0 aliphatic carbocycles. The van der Waals surface area contributed by atoms with Crippen LogP contribution in [0.4, 0.5) is 0 Å². The predicted octanol–water partition coefficient (Wildman–Crippen LogP) is -1.06. The molecule has 0 aromatic rings. The number of hydrogen-bond acceptors (Lipinski definition) is 2. The average molecular weight is 63.1 g/mol. The Morgan fingerprint density at radius 1 is 2.00 bits per heavy atom. The third-order valence-corrected chi connectivity index (χ3v) is 0.129. The maximum absolute atomic E-state index is 7.75. The fourth-order valence-corrected chi connectivity index (χ4v) is 0. The van der Waals surface area contributed by atoms with Crippen molar-refractivity contribution in [3.8, 4) is 0 Å². The first-order valence-electron chi connectivity index (χ1n) is 1.22. The molecule has 0 saturated heterocycles. The zero-order valence-corrected chi connectivity index (χ0v) is 2.44. The van der Waals surface area contributed by atoms with Crippen LogP contribution < -0.4 is 5.73 Å². The zero-order chi connectivity index (χ0) is 3.41. The van der Waals surface area contributed by atoms with E-state index >= 15 is 0 Å². The van der Waals surface area contributed by atoms with Gasteiger partial charge in [-0.1, -0.05) is 0 Å². The first kappa shape index (κ1) is 3.92. The van der Waals surface area contributed by atoms with Gasteiger partial charge in [-0.05, 0) is 0 Å². The van der Waals surface area contributed by atoms with Gasteiger partial charge in [-0.15, -0.1) is 0 Å². The van der Waals surface area contributed by atoms with Crippen LogP contribution in [0.3, 0.4) is 0 Å². The van der Waals surface area contributed by atoms with Gasteiger partial charge in [0, 0.05) is 6.54 Å². The molecule has 0 saturated carbocycles. The van der Waals surface area contributed by atoms with Gasteiger partial charge in [0.15, 0.2) is 0 Å². The van der Waals surface area contributed by atoms with Crippen molar-refractivity contribution in [2.75, 3.05) is 13.2 Å². The molecule has 4 heavy (non-hydrogen) atoms. The lowest BCUT2D eigenvalue weighted by Gasteiger charge is -1.71. The minimum Gasteiger partial charge on any atom is -0.395 e. The molecular formula is C2H7NO. The Morgan fingerprint density at radius 3 is 2.25 bits per heavy atom. The molecule has 2 nitrogen and oxygen atoms in total. The molecule has 0 heterocycles. The van der Waals surface area contributed by atoms with Crippen molar-refractivity contribution in [1.82, 2.24) is 0 Å². The summed E-state index contributed by atoms with van der Waals surface area (Å²) in [6, 6.07) is 0. The monoisotopic (exact) mass is 63.1 g/mol. The number of rotatable bonds is 1. The van der Waals surface area contributed by atoms with Gasteiger partial charge in [-0.2, -0.15) is 0 Å². The van der Waals surface area contributed by atoms with Crippen LogP contribution in [0, 0.1) is 0 Å². The average Bonchev–Trinajstić information content (AvgIpc) is 1.37. The lowest BCUT2D eigenvalue weighted by molar-refractivity contribution is 0.306. The van der Waals surface area contributed by atoms with E-state index in [9.17, 15) is 0 Å². The molecule has 2 heteroatoms. The molecular weight excluding hydrogens is 56.0 g/mol. The summed E-state index contributed by atoms with van der Waals surface area (Å²) in [7, 11) is 0. The van der Waals surface area contributed by atoms with Gasteiger partial charge in [0.2, 0.25) is 0 Å². The van der Waals surface area contributed by atoms with Crippen LogP contribution in [0.5, 0.6) is 0 Å². The summed E-state index contributed by atoms with van der Waals surface area (Å²) in [5.74, 6) is 0. The summed E-state index contributed by atoms with van der Waals surface area (Å²) >= 11 is 0. The third-order valence-electron chi connectivity index (χ3n) is 0.129. The van der Waals surface area contributed by atoms with Crippen LogP contribution in [0.25, 0.3) is 0 Å². The van der Waals surface area contributed by atoms with Crippen molar-refractivity contribution in [1.29, 1.82) is 0 Å². The molecule has 0 aliphatic rings. The highest BCUT2D eigenvalue weighted by atomic mass is 16.3. The van der Waals surface area contributed by atoms with Gasteiger partial charge in [-0.25, -0.2) is 0 Å². The topological polar surface area (TPSA) is 46.2 Å². The molecule has 0 spiro atoms. The number of nitrogens with two attached hydrogens (primary N) is 1. The molecule has 0 aromatic carbocycles. The molecule has 26 valence electrons. The summed E-state index contributed by atoms with van der Waals surface area (Å²) < 4.78 is 0. The Hall–Kier alpha value is -0.0800. The summed E-state index contributed by atoms with van der Waals surface area (Å²) in [5.41, 5.74) is 4.78. The van der Waals surface area contributed by atoms with Crippen molar-refractivity contribution in [2.45, 2.75) is 0 Å². The standard InChI is InChI=1S/C2H7NO/c3-1-2-4/h4H,1-3H2/i1+2. The minimum atomic E-state index is 0.0972. The molecule has 0 radical (unpaired) electrons. The van der Waals surface area contributed by atoms with Crippen LogP contribution in [-0.2, 0) is 0 Å². The second-order valence-corrected chi connectivity index (χ2v) is 0.512. The molecule has 0 atom stereocenters. The van der Waals surface area contributed by atoms with E-state index in [4.69, 9.17) is 10.8 Å². The van der Waals surface area contributed by atoms with Crippen LogP contribution in [-0.4, -0.2) is 18.3 Å². The zero-order valence-electron chi connectivity index (χ0n) is 2.44. The molecule has 0 unspecified atom stereocenters. The Labute approximate surface area is 25.2 Å². The number of aliphatic hydroxyl groups excluding tert-OH is 1. The molecule has 0 amide bonds. The van der Waals surface area contributed by atoms with E-state index in [2.05, 4.69) is 0 Å². The van der Waals surface area contributed by atoms with E-state index in [0.29, 0.717) is 6.54 Å². The Balaban J connectivity index is 1.97. The lowest BCUT2D eigenvalue weighted by Crippen LogP contribution is -2.02. The van der Waals surface area contributed by atoms with Gasteiger partial charge in [0.05, 0.1) is 6.61 Å². The van der Waals surface area contributed by atoms with E-state index in [1.165, 1.54) is 0 Å². The molecule has 3 N–H and O–H groups in total. The first-order valence-corrected chi connectivity index (χ1v) is 1.22. The Morgan fingerprint density at radius 2 is 2.25 bits per heavy atom. The van der Waals surface area contributed by atoms with E-state index in [1.54, 1.807) is 0 Å². The Bertz CT molecular complexity index is 8.00. The summed E-state index contributed by atoms with van der Waals surface area (Å²) in [4.78, 5) is 0. The van der Waals surface area contributed by atoms with Crippen molar-refractivity contribution >= 4 is 0 Å². The second kappa shape index (κ2) is 2.92. The van der Waals surface area contributed by atoms with Gasteiger partial charge in [0.1, 0.15) is 0 Å². The van der Waals surface area contributed by atoms with E-state index in [1.807, 2.05) is 0 Å². The smallest absolute Gasteiger partial charge is 0.0553 e. The van der Waals surface area contributed by atoms with E-state index in [-0.39, 0.29) is 6.61 Å². The quantitative estimate of drug-likeness (QED) is 0.407. The maximum atomic E-state index is 7.75. The summed E-state index contributed by atoms with van der Waals surface area (Å²) in [5, 5.41) is 7.75. The fourth-order valence-electron chi connectivity index (χ4n) is 0. The normalized spacial score (nSPS) is 7.50. The fraction of sp³-hybridized carbons (Fsp3) is 1.00. The van der Waals surface area contributed by atoms with Gasteiger partial charge < -0.3 is 10.8 Å². The van der Waals surface area contributed by atoms with Crippen LogP contribution >= 0.6 is 0 Å².